The maximum Gasteiger partial charge on any atom is 0.327 e. The molecule has 0 saturated carbocycles. The van der Waals surface area contributed by atoms with Crippen LogP contribution in [-0.2, 0) is 92.8 Å². The Labute approximate surface area is 665 Å². The topological polar surface area (TPSA) is 570 Å². The zero-order valence-electron chi connectivity index (χ0n) is 63.5. The van der Waals surface area contributed by atoms with Crippen molar-refractivity contribution in [3.8, 4) is 0 Å². The third-order valence-corrected chi connectivity index (χ3v) is 18.8. The van der Waals surface area contributed by atoms with Crippen LogP contribution in [0.1, 0.15) is 95.4 Å². The van der Waals surface area contributed by atoms with Crippen LogP contribution in [0.3, 0.4) is 0 Å². The molecule has 0 radical (unpaired) electrons. The maximum absolute atomic E-state index is 15.3. The Morgan fingerprint density at radius 3 is 1.09 bits per heavy atom. The Morgan fingerprint density at radius 1 is 0.372 bits per heavy atom. The lowest BCUT2D eigenvalue weighted by Gasteiger charge is -2.29. The SMILES string of the molecule is C[C@H](N)C(=O)N[C@H](C)C(=O)N[C@@H](CS)C(=O)N[C@@H](CCCCN)C(=O)N[C@@H](C)C(=O)N[C@@H](Cc1ccccc1)C(=O)N[C@@H](Cc1ccccc1)C(=O)N[C@H](Cc1c[nH]c2ccccc12)C(=O)N[C@@H](CCCCN)C(=O)N[C@H](C(=O)N[C@H](Cc1ccccc1)C(=O)N[C@H](C(=O)N[C@@H](CO)C(=O)N[C@@H](CS)C(=O)O)[C@@H](C)O)[C@@H](C)O. The van der Waals surface area contributed by atoms with Gasteiger partial charge in [0.05, 0.1) is 24.9 Å². The van der Waals surface area contributed by atoms with E-state index in [0.29, 0.717) is 52.4 Å². The summed E-state index contributed by atoms with van der Waals surface area (Å²) in [6.07, 6.45) is -1.53. The van der Waals surface area contributed by atoms with Crippen LogP contribution in [0.25, 0.3) is 10.9 Å². The van der Waals surface area contributed by atoms with Crippen LogP contribution in [0.15, 0.2) is 121 Å². The van der Waals surface area contributed by atoms with Gasteiger partial charge in [-0.1, -0.05) is 109 Å². The Balaban J connectivity index is 1.44. The average Bonchev–Trinajstić information content (AvgIpc) is 1.74. The lowest BCUT2D eigenvalue weighted by atomic mass is 10.00. The number of carbonyl (C=O) groups excluding carboxylic acids is 13. The third-order valence-electron chi connectivity index (χ3n) is 18.1. The van der Waals surface area contributed by atoms with Crippen LogP contribution in [0, 0.1) is 0 Å². The second kappa shape index (κ2) is 47.7. The number of carboxylic acid groups (broad SMARTS) is 1. The molecule has 4 aromatic carbocycles. The van der Waals surface area contributed by atoms with Gasteiger partial charge in [-0.25, -0.2) is 4.79 Å². The van der Waals surface area contributed by atoms with Crippen LogP contribution in [0.5, 0.6) is 0 Å². The summed E-state index contributed by atoms with van der Waals surface area (Å²) in [6, 6.07) is 11.4. The zero-order chi connectivity index (χ0) is 83.4. The van der Waals surface area contributed by atoms with Gasteiger partial charge in [-0.05, 0) is 115 Å². The number of amides is 13. The van der Waals surface area contributed by atoms with Gasteiger partial charge < -0.3 is 112 Å². The Kier molecular flexibility index (Phi) is 39.3. The van der Waals surface area contributed by atoms with Gasteiger partial charge in [0.1, 0.15) is 78.5 Å². The quantitative estimate of drug-likeness (QED) is 0.0131. The highest BCUT2D eigenvalue weighted by Crippen LogP contribution is 2.21. The first-order valence-electron chi connectivity index (χ1n) is 37.0. The number of rotatable bonds is 48. The van der Waals surface area contributed by atoms with Crippen molar-refractivity contribution in [1.82, 2.24) is 74.1 Å². The number of carboxylic acids is 1. The molecule has 13 amide bonds. The minimum Gasteiger partial charge on any atom is -0.480 e. The summed E-state index contributed by atoms with van der Waals surface area (Å²) < 4.78 is 0. The fraction of sp³-hybridized carbons (Fsp3) is 0.474. The standard InChI is InChI=1S/C76H107N17O18S2/c1-41(79)63(97)81-42(2)65(99)90-59(39-112)73(107)84-52(29-17-19-31-77)66(100)82-43(3)64(98)85-54(33-46-21-9-6-10-22-46)68(102)86-55(34-47-23-11-7-12-24-47)69(103)87-57(36-49-37-80-51-28-16-15-27-50(49)51)70(104)83-53(30-18-20-32-78)67(101)92-61(44(4)95)74(108)88-56(35-48-25-13-8-14-26-48)71(105)93-62(45(5)96)75(109)89-58(38-94)72(106)91-60(40-113)76(110)111/h6-16,21-28,37,41-45,52-62,80,94-96,112-113H,17-20,29-36,38-40,77-79H2,1-5H3,(H,81,97)(H,82,100)(H,83,104)(H,84,107)(H,85,98)(H,86,102)(H,87,103)(H,88,108)(H,89,109)(H,90,99)(H,91,106)(H,92,101)(H,93,105)(H,110,111)/t41-,42+,43-,44+,45+,52-,53-,54-,55-,56+,57+,58-,59-,60-,61-,62-/m0/s1. The summed E-state index contributed by atoms with van der Waals surface area (Å²) in [7, 11) is 0. The van der Waals surface area contributed by atoms with E-state index in [4.69, 9.17) is 17.2 Å². The molecule has 0 aliphatic rings. The van der Waals surface area contributed by atoms with Crippen molar-refractivity contribution in [3.63, 3.8) is 0 Å². The summed E-state index contributed by atoms with van der Waals surface area (Å²) >= 11 is 8.13. The molecule has 5 aromatic rings. The Hall–Kier alpha value is -10.5. The molecule has 0 unspecified atom stereocenters. The predicted octanol–water partition coefficient (Wildman–Crippen LogP) is -3.92. The molecule has 35 nitrogen and oxygen atoms in total. The lowest BCUT2D eigenvalue weighted by molar-refractivity contribution is -0.142. The lowest BCUT2D eigenvalue weighted by Crippen LogP contribution is -2.63. The summed E-state index contributed by atoms with van der Waals surface area (Å²) in [5, 5.41) is 75.0. The molecule has 0 bridgehead atoms. The normalized spacial score (nSPS) is 15.4. The number of H-pyrrole nitrogens is 1. The van der Waals surface area contributed by atoms with E-state index in [0.717, 1.165) is 13.8 Å². The van der Waals surface area contributed by atoms with Gasteiger partial charge in [-0.15, -0.1) is 0 Å². The number of nitrogens with one attached hydrogen (secondary N) is 14. The number of hydrogen-bond acceptors (Lipinski definition) is 22. The second-order valence-corrected chi connectivity index (χ2v) is 28.1. The molecule has 113 heavy (non-hydrogen) atoms. The fourth-order valence-electron chi connectivity index (χ4n) is 11.6. The van der Waals surface area contributed by atoms with E-state index >= 15 is 14.4 Å². The first-order chi connectivity index (χ1) is 53.8. The molecule has 16 atom stereocenters. The van der Waals surface area contributed by atoms with Gasteiger partial charge in [-0.2, -0.15) is 25.3 Å². The number of carbonyl (C=O) groups is 14. The smallest absolute Gasteiger partial charge is 0.327 e. The minimum atomic E-state index is -1.89. The molecule has 24 N–H and O–H groups in total. The molecule has 0 fully saturated rings. The molecule has 37 heteroatoms. The number of aliphatic carboxylic acids is 1. The van der Waals surface area contributed by atoms with Crippen LogP contribution >= 0.6 is 25.3 Å². The van der Waals surface area contributed by atoms with Gasteiger partial charge in [0.15, 0.2) is 0 Å². The van der Waals surface area contributed by atoms with Crippen molar-refractivity contribution in [3.05, 3.63) is 144 Å². The number of nitrogens with two attached hydrogens (primary N) is 3. The largest absolute Gasteiger partial charge is 0.480 e. The highest BCUT2D eigenvalue weighted by atomic mass is 32.1. The van der Waals surface area contributed by atoms with Crippen molar-refractivity contribution < 1.29 is 87.5 Å². The number of aliphatic hydroxyl groups excluding tert-OH is 3. The van der Waals surface area contributed by atoms with E-state index in [9.17, 15) is 73.2 Å². The Morgan fingerprint density at radius 2 is 0.690 bits per heavy atom. The highest BCUT2D eigenvalue weighted by Gasteiger charge is 2.39. The van der Waals surface area contributed by atoms with Gasteiger partial charge in [0.25, 0.3) is 0 Å². The van der Waals surface area contributed by atoms with E-state index in [2.05, 4.69) is 99.4 Å². The molecular formula is C76H107N17O18S2. The summed E-state index contributed by atoms with van der Waals surface area (Å²) in [5.41, 5.74) is 20.0. The second-order valence-electron chi connectivity index (χ2n) is 27.3. The molecule has 0 saturated heterocycles. The number of unbranched alkanes of at least 4 members (excludes halogenated alkanes) is 2. The van der Waals surface area contributed by atoms with Crippen LogP contribution < -0.4 is 86.3 Å². The van der Waals surface area contributed by atoms with E-state index in [1.165, 1.54) is 20.8 Å². The maximum atomic E-state index is 15.3. The van der Waals surface area contributed by atoms with Crippen molar-refractivity contribution in [2.75, 3.05) is 31.2 Å². The number of hydrogen-bond donors (Lipinski definition) is 23. The number of aromatic nitrogens is 1. The fourth-order valence-corrected chi connectivity index (χ4v) is 12.1. The molecule has 0 aliphatic carbocycles. The van der Waals surface area contributed by atoms with Gasteiger partial charge in [-0.3, -0.25) is 62.3 Å². The van der Waals surface area contributed by atoms with Crippen molar-refractivity contribution >= 4 is 119 Å². The van der Waals surface area contributed by atoms with E-state index in [-0.39, 0.29) is 69.5 Å². The van der Waals surface area contributed by atoms with Crippen molar-refractivity contribution in [2.45, 2.75) is 196 Å². The zero-order valence-corrected chi connectivity index (χ0v) is 65.3. The predicted molar refractivity (Wildman–Crippen MR) is 424 cm³/mol. The number of benzene rings is 4. The number of aliphatic hydroxyl groups is 3. The van der Waals surface area contributed by atoms with Crippen molar-refractivity contribution in [2.24, 2.45) is 17.2 Å². The number of para-hydroxylation sites is 1. The molecule has 5 rings (SSSR count). The molecular weight excluding hydrogens is 1500 g/mol. The minimum absolute atomic E-state index is 0.0338. The van der Waals surface area contributed by atoms with Crippen LogP contribution in [0.4, 0.5) is 0 Å². The third kappa shape index (κ3) is 30.5. The summed E-state index contributed by atoms with van der Waals surface area (Å²) in [4.78, 5) is 198. The van der Waals surface area contributed by atoms with E-state index in [1.807, 2.05) is 0 Å². The molecule has 1 aromatic heterocycles. The van der Waals surface area contributed by atoms with Crippen LogP contribution in [0.2, 0.25) is 0 Å². The van der Waals surface area contributed by atoms with Crippen LogP contribution in [-0.4, -0.2) is 236 Å². The van der Waals surface area contributed by atoms with Gasteiger partial charge in [0, 0.05) is 54.3 Å². The average molecular weight is 1610 g/mol. The summed E-state index contributed by atoms with van der Waals surface area (Å²) in [5.74, 6) is -14.3. The number of aromatic amines is 1. The monoisotopic (exact) mass is 1610 g/mol. The molecule has 616 valence electrons. The Bertz CT molecular complexity index is 4000. The summed E-state index contributed by atoms with van der Waals surface area (Å²) in [6.45, 7) is 5.75. The first kappa shape index (κ1) is 93.1. The molecule has 0 spiro atoms. The van der Waals surface area contributed by atoms with Crippen molar-refractivity contribution in [1.29, 1.82) is 0 Å². The van der Waals surface area contributed by atoms with Gasteiger partial charge >= 0.3 is 5.97 Å². The number of fused-ring (bicyclic) bond motifs is 1. The van der Waals surface area contributed by atoms with E-state index in [1.54, 1.807) is 121 Å². The first-order valence-corrected chi connectivity index (χ1v) is 38.3. The highest BCUT2D eigenvalue weighted by molar-refractivity contribution is 7.80. The van der Waals surface area contributed by atoms with E-state index < -0.39 is 186 Å². The van der Waals surface area contributed by atoms with Gasteiger partial charge in [0.2, 0.25) is 76.8 Å². The molecule has 0 aliphatic heterocycles. The number of thiol groups is 2. The molecule has 1 heterocycles.